The summed E-state index contributed by atoms with van der Waals surface area (Å²) in [4.78, 5) is 53.9. The van der Waals surface area contributed by atoms with Crippen LogP contribution in [0.2, 0.25) is 0 Å². The zero-order valence-corrected chi connectivity index (χ0v) is 26.0. The second kappa shape index (κ2) is 13.3. The van der Waals surface area contributed by atoms with Gasteiger partial charge in [0.25, 0.3) is 0 Å². The van der Waals surface area contributed by atoms with E-state index in [1.807, 2.05) is 43.3 Å². The molecule has 0 spiro atoms. The third-order valence-corrected chi connectivity index (χ3v) is 9.26. The molecule has 1 heterocycles. The van der Waals surface area contributed by atoms with E-state index < -0.39 is 35.5 Å². The number of allylic oxidation sites excluding steroid dienone is 1. The molecule has 4 atom stereocenters. The number of ether oxygens (including phenoxy) is 2. The first-order chi connectivity index (χ1) is 21.1. The van der Waals surface area contributed by atoms with Gasteiger partial charge in [0.05, 0.1) is 19.8 Å². The maximum Gasteiger partial charge on any atom is 0.248 e. The van der Waals surface area contributed by atoms with Crippen LogP contribution in [0.25, 0.3) is 5.57 Å². The maximum absolute atomic E-state index is 13.8. The molecule has 1 saturated carbocycles. The Labute approximate surface area is 259 Å². The summed E-state index contributed by atoms with van der Waals surface area (Å²) in [7, 11) is 1.58. The average molecular weight is 602 g/mol. The van der Waals surface area contributed by atoms with Crippen LogP contribution in [-0.2, 0) is 36.8 Å². The van der Waals surface area contributed by atoms with E-state index in [0.29, 0.717) is 36.7 Å². The largest absolute Gasteiger partial charge is 0.497 e. The van der Waals surface area contributed by atoms with Crippen LogP contribution in [-0.4, -0.2) is 60.9 Å². The van der Waals surface area contributed by atoms with Crippen LogP contribution in [0.15, 0.2) is 54.1 Å². The molecule has 0 unspecified atom stereocenters. The summed E-state index contributed by atoms with van der Waals surface area (Å²) in [6.07, 6.45) is 5.55. The molecule has 2 aromatic carbocycles. The van der Waals surface area contributed by atoms with E-state index in [0.717, 1.165) is 47.9 Å². The molecule has 9 heteroatoms. The molecule has 1 aliphatic heterocycles. The first-order valence-corrected chi connectivity index (χ1v) is 15.6. The zero-order chi connectivity index (χ0) is 31.4. The lowest BCUT2D eigenvalue weighted by atomic mass is 9.90. The van der Waals surface area contributed by atoms with Crippen molar-refractivity contribution in [2.45, 2.75) is 89.4 Å². The number of carbonyl (C=O) groups is 4. The summed E-state index contributed by atoms with van der Waals surface area (Å²) in [5.74, 6) is -0.342. The Morgan fingerprint density at radius 2 is 1.61 bits per heavy atom. The van der Waals surface area contributed by atoms with Crippen molar-refractivity contribution in [2.24, 2.45) is 5.92 Å². The standard InChI is InChI=1S/C35H43N3O6/c1-21-27-12-8-7-11-25(27)19-28(21)33(41)36-22(2)32(40)38-30(18-24-13-15-26(43-4)16-14-24)34(42)37-29(17-23-9-5-6-10-23)31(39)35(3)20-44-35/h7-8,11-16,22-23,29-30H,5-6,9-10,17-20H2,1-4H3,(H,36,41)(H,37,42)(H,38,40)/t22-,29+,30+,35+/m1/s1. The molecule has 2 fully saturated rings. The molecular formula is C35H43N3O6. The van der Waals surface area contributed by atoms with Gasteiger partial charge in [-0.1, -0.05) is 62.1 Å². The lowest BCUT2D eigenvalue weighted by Crippen LogP contribution is -2.57. The Kier molecular flexibility index (Phi) is 9.53. The summed E-state index contributed by atoms with van der Waals surface area (Å²) in [6.45, 7) is 5.61. The van der Waals surface area contributed by atoms with E-state index in [1.165, 1.54) is 0 Å². The lowest BCUT2D eigenvalue weighted by molar-refractivity contribution is -0.134. The van der Waals surface area contributed by atoms with Gasteiger partial charge < -0.3 is 25.4 Å². The number of fused-ring (bicyclic) bond motifs is 1. The second-order valence-corrected chi connectivity index (χ2v) is 12.6. The van der Waals surface area contributed by atoms with Crippen LogP contribution in [0.3, 0.4) is 0 Å². The van der Waals surface area contributed by atoms with Crippen LogP contribution < -0.4 is 20.7 Å². The molecule has 9 nitrogen and oxygen atoms in total. The highest BCUT2D eigenvalue weighted by molar-refractivity contribution is 6.05. The van der Waals surface area contributed by atoms with Gasteiger partial charge in [-0.25, -0.2) is 0 Å². The van der Waals surface area contributed by atoms with Gasteiger partial charge in [0, 0.05) is 18.4 Å². The number of nitrogens with one attached hydrogen (secondary N) is 3. The Morgan fingerprint density at radius 3 is 2.25 bits per heavy atom. The predicted molar refractivity (Wildman–Crippen MR) is 167 cm³/mol. The quantitative estimate of drug-likeness (QED) is 0.301. The molecule has 2 aliphatic carbocycles. The fourth-order valence-electron chi connectivity index (χ4n) is 6.33. The number of ketones is 1. The second-order valence-electron chi connectivity index (χ2n) is 12.6. The predicted octanol–water partition coefficient (Wildman–Crippen LogP) is 3.68. The van der Waals surface area contributed by atoms with Gasteiger partial charge in [-0.05, 0) is 67.5 Å². The highest BCUT2D eigenvalue weighted by Crippen LogP contribution is 2.34. The molecule has 234 valence electrons. The van der Waals surface area contributed by atoms with Crippen molar-refractivity contribution in [3.63, 3.8) is 0 Å². The zero-order valence-electron chi connectivity index (χ0n) is 26.0. The van der Waals surface area contributed by atoms with Gasteiger partial charge in [0.1, 0.15) is 23.4 Å². The Hall–Kier alpha value is -3.98. The fourth-order valence-corrected chi connectivity index (χ4v) is 6.33. The first-order valence-electron chi connectivity index (χ1n) is 15.6. The van der Waals surface area contributed by atoms with Crippen molar-refractivity contribution >= 4 is 29.1 Å². The minimum absolute atomic E-state index is 0.130. The first kappa shape index (κ1) is 31.4. The van der Waals surface area contributed by atoms with E-state index in [4.69, 9.17) is 9.47 Å². The minimum atomic E-state index is -0.973. The molecule has 44 heavy (non-hydrogen) atoms. The normalized spacial score (nSPS) is 21.2. The smallest absolute Gasteiger partial charge is 0.248 e. The van der Waals surface area contributed by atoms with E-state index in [2.05, 4.69) is 16.0 Å². The molecule has 0 radical (unpaired) electrons. The van der Waals surface area contributed by atoms with Crippen molar-refractivity contribution in [3.05, 3.63) is 70.8 Å². The van der Waals surface area contributed by atoms with Gasteiger partial charge in [0.2, 0.25) is 17.7 Å². The van der Waals surface area contributed by atoms with Gasteiger partial charge >= 0.3 is 0 Å². The summed E-state index contributed by atoms with van der Waals surface area (Å²) >= 11 is 0. The number of hydrogen-bond donors (Lipinski definition) is 3. The van der Waals surface area contributed by atoms with Crippen molar-refractivity contribution in [3.8, 4) is 5.75 Å². The number of carbonyl (C=O) groups excluding carboxylic acids is 4. The fraction of sp³-hybridized carbons (Fsp3) is 0.486. The van der Waals surface area contributed by atoms with Gasteiger partial charge in [0.15, 0.2) is 5.78 Å². The number of epoxide rings is 1. The number of methoxy groups -OCH3 is 1. The molecule has 3 N–H and O–H groups in total. The van der Waals surface area contributed by atoms with E-state index in [9.17, 15) is 19.2 Å². The van der Waals surface area contributed by atoms with Crippen molar-refractivity contribution in [1.29, 1.82) is 0 Å². The Morgan fingerprint density at radius 1 is 0.955 bits per heavy atom. The molecule has 0 bridgehead atoms. The average Bonchev–Trinajstić information content (AvgIpc) is 3.40. The third kappa shape index (κ3) is 7.21. The minimum Gasteiger partial charge on any atom is -0.497 e. The molecule has 0 aromatic heterocycles. The van der Waals surface area contributed by atoms with Gasteiger partial charge in [-0.3, -0.25) is 19.2 Å². The Bertz CT molecular complexity index is 1440. The van der Waals surface area contributed by atoms with E-state index in [-0.39, 0.29) is 18.1 Å². The van der Waals surface area contributed by atoms with Crippen LogP contribution in [0.1, 0.15) is 69.6 Å². The van der Waals surface area contributed by atoms with E-state index in [1.54, 1.807) is 33.1 Å². The molecule has 1 saturated heterocycles. The highest BCUT2D eigenvalue weighted by Gasteiger charge is 2.50. The molecule has 3 amide bonds. The summed E-state index contributed by atoms with van der Waals surface area (Å²) in [5.41, 5.74) is 3.57. The van der Waals surface area contributed by atoms with Crippen LogP contribution in [0.4, 0.5) is 0 Å². The SMILES string of the molecule is COc1ccc(C[C@H](NC(=O)[C@@H](C)NC(=O)C2=C(C)c3ccccc3C2)C(=O)N[C@@H](CC2CCCC2)C(=O)[C@]2(C)CO2)cc1. The van der Waals surface area contributed by atoms with Crippen molar-refractivity contribution in [1.82, 2.24) is 16.0 Å². The van der Waals surface area contributed by atoms with Gasteiger partial charge in [-0.15, -0.1) is 0 Å². The third-order valence-electron chi connectivity index (χ3n) is 9.26. The lowest BCUT2D eigenvalue weighted by Gasteiger charge is -2.26. The number of benzene rings is 2. The molecule has 3 aliphatic rings. The summed E-state index contributed by atoms with van der Waals surface area (Å²) in [6, 6.07) is 12.6. The Balaban J connectivity index is 1.29. The topological polar surface area (TPSA) is 126 Å². The molecule has 5 rings (SSSR count). The van der Waals surface area contributed by atoms with Crippen LogP contribution in [0.5, 0.6) is 5.75 Å². The highest BCUT2D eigenvalue weighted by atomic mass is 16.6. The summed E-state index contributed by atoms with van der Waals surface area (Å²) in [5, 5.41) is 8.65. The number of hydrogen-bond acceptors (Lipinski definition) is 6. The van der Waals surface area contributed by atoms with E-state index >= 15 is 0 Å². The van der Waals surface area contributed by atoms with Crippen LogP contribution in [0, 0.1) is 5.92 Å². The van der Waals surface area contributed by atoms with Crippen molar-refractivity contribution in [2.75, 3.05) is 13.7 Å². The molecule has 2 aromatic rings. The number of Topliss-reactive ketones (excluding diaryl/α,β-unsaturated/α-hetero) is 1. The maximum atomic E-state index is 13.8. The monoisotopic (exact) mass is 601 g/mol. The van der Waals surface area contributed by atoms with Crippen LogP contribution >= 0.6 is 0 Å². The number of amides is 3. The molecular weight excluding hydrogens is 558 g/mol. The number of rotatable bonds is 13. The summed E-state index contributed by atoms with van der Waals surface area (Å²) < 4.78 is 10.7. The van der Waals surface area contributed by atoms with Gasteiger partial charge in [-0.2, -0.15) is 0 Å². The van der Waals surface area contributed by atoms with Crippen molar-refractivity contribution < 1.29 is 28.7 Å².